The zero-order chi connectivity index (χ0) is 26.5. The fraction of sp³-hybridized carbons (Fsp3) is 0.200. The molecule has 190 valence electrons. The Morgan fingerprint density at radius 2 is 1.56 bits per heavy atom. The molecule has 0 aliphatic heterocycles. The zero-order valence-corrected chi connectivity index (χ0v) is 22.6. The van der Waals surface area contributed by atoms with Gasteiger partial charge in [0.1, 0.15) is 12.6 Å². The van der Waals surface area contributed by atoms with Crippen molar-refractivity contribution in [1.29, 1.82) is 0 Å². The molecular weight excluding hydrogens is 545 g/mol. The van der Waals surface area contributed by atoms with Crippen molar-refractivity contribution in [3.8, 4) is 0 Å². The zero-order valence-electron chi connectivity index (χ0n) is 19.5. The van der Waals surface area contributed by atoms with E-state index in [1.165, 1.54) is 42.3 Å². The molecule has 2 amide bonds. The van der Waals surface area contributed by atoms with Gasteiger partial charge in [0.05, 0.1) is 15.6 Å². The number of nitrogens with one attached hydrogen (secondary N) is 1. The van der Waals surface area contributed by atoms with Crippen molar-refractivity contribution in [1.82, 2.24) is 10.2 Å². The Labute approximate surface area is 225 Å². The van der Waals surface area contributed by atoms with Gasteiger partial charge in [-0.1, -0.05) is 71.2 Å². The SMILES string of the molecule is CNC(=O)[C@H](C)N(Cc1ccc(Cl)cc1Cl)C(=O)CN(c1ccccc1Cl)S(=O)(=O)c1ccccc1. The molecule has 0 aliphatic carbocycles. The number of hydrogen-bond acceptors (Lipinski definition) is 4. The van der Waals surface area contributed by atoms with Gasteiger partial charge >= 0.3 is 0 Å². The van der Waals surface area contributed by atoms with Crippen molar-refractivity contribution in [2.75, 3.05) is 17.9 Å². The van der Waals surface area contributed by atoms with Crippen LogP contribution in [-0.2, 0) is 26.2 Å². The number of benzene rings is 3. The van der Waals surface area contributed by atoms with Crippen LogP contribution in [0.15, 0.2) is 77.7 Å². The molecule has 0 spiro atoms. The third kappa shape index (κ3) is 6.31. The highest BCUT2D eigenvalue weighted by Crippen LogP contribution is 2.31. The van der Waals surface area contributed by atoms with E-state index in [0.29, 0.717) is 15.6 Å². The molecule has 0 saturated carbocycles. The molecule has 0 fully saturated rings. The van der Waals surface area contributed by atoms with Crippen molar-refractivity contribution < 1.29 is 18.0 Å². The van der Waals surface area contributed by atoms with Gasteiger partial charge < -0.3 is 10.2 Å². The van der Waals surface area contributed by atoms with Gasteiger partial charge in [-0.05, 0) is 48.9 Å². The third-order valence-corrected chi connectivity index (χ3v) is 8.18. The highest BCUT2D eigenvalue weighted by Gasteiger charge is 2.33. The number of halogens is 3. The van der Waals surface area contributed by atoms with E-state index in [1.54, 1.807) is 49.4 Å². The molecule has 1 N–H and O–H groups in total. The van der Waals surface area contributed by atoms with Crippen molar-refractivity contribution in [2.45, 2.75) is 24.4 Å². The van der Waals surface area contributed by atoms with Crippen LogP contribution in [0, 0.1) is 0 Å². The van der Waals surface area contributed by atoms with Crippen molar-refractivity contribution in [2.24, 2.45) is 0 Å². The van der Waals surface area contributed by atoms with Crippen LogP contribution in [0.1, 0.15) is 12.5 Å². The molecule has 3 rings (SSSR count). The van der Waals surface area contributed by atoms with Gasteiger partial charge in [-0.3, -0.25) is 13.9 Å². The lowest BCUT2D eigenvalue weighted by atomic mass is 10.1. The first-order valence-electron chi connectivity index (χ1n) is 10.8. The lowest BCUT2D eigenvalue weighted by molar-refractivity contribution is -0.139. The smallest absolute Gasteiger partial charge is 0.264 e. The monoisotopic (exact) mass is 567 g/mol. The summed E-state index contributed by atoms with van der Waals surface area (Å²) in [6.45, 7) is 0.894. The molecule has 0 aromatic heterocycles. The molecule has 1 atom stereocenters. The first-order valence-corrected chi connectivity index (χ1v) is 13.4. The number of amides is 2. The van der Waals surface area contributed by atoms with E-state index in [2.05, 4.69) is 5.32 Å². The summed E-state index contributed by atoms with van der Waals surface area (Å²) in [6.07, 6.45) is 0. The lowest BCUT2D eigenvalue weighted by Crippen LogP contribution is -2.50. The molecule has 7 nitrogen and oxygen atoms in total. The van der Waals surface area contributed by atoms with Gasteiger partial charge in [-0.25, -0.2) is 8.42 Å². The summed E-state index contributed by atoms with van der Waals surface area (Å²) in [4.78, 5) is 27.4. The fourth-order valence-electron chi connectivity index (χ4n) is 3.51. The fourth-order valence-corrected chi connectivity index (χ4v) is 5.72. The Hall–Kier alpha value is -2.78. The molecule has 3 aromatic carbocycles. The van der Waals surface area contributed by atoms with Gasteiger partial charge in [0.15, 0.2) is 0 Å². The largest absolute Gasteiger partial charge is 0.357 e. The summed E-state index contributed by atoms with van der Waals surface area (Å²) >= 11 is 18.7. The molecule has 0 unspecified atom stereocenters. The van der Waals surface area contributed by atoms with Crippen molar-refractivity contribution in [3.05, 3.63) is 93.4 Å². The Morgan fingerprint density at radius 3 is 2.17 bits per heavy atom. The highest BCUT2D eigenvalue weighted by atomic mass is 35.5. The average molecular weight is 569 g/mol. The van der Waals surface area contributed by atoms with Crippen LogP contribution >= 0.6 is 34.8 Å². The van der Waals surface area contributed by atoms with Gasteiger partial charge in [-0.15, -0.1) is 0 Å². The van der Waals surface area contributed by atoms with E-state index < -0.39 is 34.4 Å². The molecule has 36 heavy (non-hydrogen) atoms. The van der Waals surface area contributed by atoms with Crippen LogP contribution in [0.4, 0.5) is 5.69 Å². The van der Waals surface area contributed by atoms with Gasteiger partial charge in [0.25, 0.3) is 10.0 Å². The second-order valence-corrected chi connectivity index (χ2v) is 10.9. The Bertz CT molecular complexity index is 1350. The number of likely N-dealkylation sites (N-methyl/N-ethyl adjacent to an activating group) is 1. The predicted octanol–water partition coefficient (Wildman–Crippen LogP) is 5.01. The van der Waals surface area contributed by atoms with Crippen LogP contribution in [0.5, 0.6) is 0 Å². The first kappa shape index (κ1) is 27.8. The first-order chi connectivity index (χ1) is 17.1. The molecule has 0 aliphatic rings. The minimum Gasteiger partial charge on any atom is -0.357 e. The number of rotatable bonds is 9. The Kier molecular flexibility index (Phi) is 9.24. The summed E-state index contributed by atoms with van der Waals surface area (Å²) in [5, 5.41) is 3.40. The van der Waals surface area contributed by atoms with Crippen LogP contribution in [-0.4, -0.2) is 44.8 Å². The van der Waals surface area contributed by atoms with E-state index in [4.69, 9.17) is 34.8 Å². The number of carbonyl (C=O) groups is 2. The standard InChI is InChI=1S/C25H24Cl3N3O4S/c1-17(25(33)29-2)30(15-18-12-13-19(26)14-22(18)28)24(32)16-31(23-11-7-6-10-21(23)27)36(34,35)20-8-4-3-5-9-20/h3-14,17H,15-16H2,1-2H3,(H,29,33)/t17-/m0/s1. The number of hydrogen-bond donors (Lipinski definition) is 1. The van der Waals surface area contributed by atoms with Gasteiger partial charge in [-0.2, -0.15) is 0 Å². The summed E-state index contributed by atoms with van der Waals surface area (Å²) in [7, 11) is -2.73. The Balaban J connectivity index is 2.05. The minimum absolute atomic E-state index is 0.00985. The number of anilines is 1. The molecule has 0 radical (unpaired) electrons. The number of nitrogens with zero attached hydrogens (tertiary/aromatic N) is 2. The maximum absolute atomic E-state index is 13.7. The van der Waals surface area contributed by atoms with Crippen molar-refractivity contribution in [3.63, 3.8) is 0 Å². The van der Waals surface area contributed by atoms with Crippen LogP contribution in [0.3, 0.4) is 0 Å². The quantitative estimate of drug-likeness (QED) is 0.393. The topological polar surface area (TPSA) is 86.8 Å². The molecular formula is C25H24Cl3N3O4S. The summed E-state index contributed by atoms with van der Waals surface area (Å²) in [5.41, 5.74) is 0.675. The highest BCUT2D eigenvalue weighted by molar-refractivity contribution is 7.92. The van der Waals surface area contributed by atoms with E-state index >= 15 is 0 Å². The average Bonchev–Trinajstić information content (AvgIpc) is 2.86. The lowest BCUT2D eigenvalue weighted by Gasteiger charge is -2.32. The number of sulfonamides is 1. The molecule has 0 bridgehead atoms. The second kappa shape index (κ2) is 12.0. The maximum atomic E-state index is 13.7. The van der Waals surface area contributed by atoms with Crippen molar-refractivity contribution >= 4 is 62.3 Å². The van der Waals surface area contributed by atoms with Gasteiger partial charge in [0, 0.05) is 23.6 Å². The summed E-state index contributed by atoms with van der Waals surface area (Å²) in [6, 6.07) is 17.9. The van der Waals surface area contributed by atoms with Gasteiger partial charge in [0.2, 0.25) is 11.8 Å². The Morgan fingerprint density at radius 1 is 0.917 bits per heavy atom. The summed E-state index contributed by atoms with van der Waals surface area (Å²) in [5.74, 6) is -1.06. The molecule has 0 heterocycles. The summed E-state index contributed by atoms with van der Waals surface area (Å²) < 4.78 is 28.2. The number of para-hydroxylation sites is 1. The van der Waals surface area contributed by atoms with E-state index in [0.717, 1.165) is 4.31 Å². The van der Waals surface area contributed by atoms with E-state index in [9.17, 15) is 18.0 Å². The minimum atomic E-state index is -4.19. The van der Waals surface area contributed by atoms with Crippen LogP contribution in [0.2, 0.25) is 15.1 Å². The number of carbonyl (C=O) groups excluding carboxylic acids is 2. The normalized spacial score (nSPS) is 12.0. The molecule has 3 aromatic rings. The third-order valence-electron chi connectivity index (χ3n) is 5.50. The van der Waals surface area contributed by atoms with E-state index in [-0.39, 0.29) is 22.2 Å². The van der Waals surface area contributed by atoms with E-state index in [1.807, 2.05) is 0 Å². The predicted molar refractivity (Wildman–Crippen MR) is 143 cm³/mol. The second-order valence-electron chi connectivity index (χ2n) is 7.82. The van der Waals surface area contributed by atoms with Crippen LogP contribution in [0.25, 0.3) is 0 Å². The molecule has 11 heteroatoms. The maximum Gasteiger partial charge on any atom is 0.264 e. The molecule has 0 saturated heterocycles. The van der Waals surface area contributed by atoms with Crippen LogP contribution < -0.4 is 9.62 Å².